The molecular weight excluding hydrogens is 252 g/mol. The standard InChI is InChI=1S/C15H32N4O/c1-4-13-12-18(3)9-7-11-19(13)10-6-5-8-15(2,17)14(16)20/h13H,4-12,17H2,1-3H3,(H2,16,20). The summed E-state index contributed by atoms with van der Waals surface area (Å²) in [6, 6.07) is 0.655. The SMILES string of the molecule is CCC1CN(C)CCCN1CCCCC(C)(N)C(N)=O. The van der Waals surface area contributed by atoms with Crippen molar-refractivity contribution in [3.63, 3.8) is 0 Å². The summed E-state index contributed by atoms with van der Waals surface area (Å²) >= 11 is 0. The Morgan fingerprint density at radius 1 is 1.35 bits per heavy atom. The average molecular weight is 284 g/mol. The Kier molecular flexibility index (Phi) is 6.92. The maximum Gasteiger partial charge on any atom is 0.237 e. The summed E-state index contributed by atoms with van der Waals surface area (Å²) < 4.78 is 0. The minimum atomic E-state index is -0.858. The van der Waals surface area contributed by atoms with Crippen LogP contribution in [0.25, 0.3) is 0 Å². The highest BCUT2D eigenvalue weighted by molar-refractivity contribution is 5.83. The van der Waals surface area contributed by atoms with Gasteiger partial charge in [0.15, 0.2) is 0 Å². The lowest BCUT2D eigenvalue weighted by Gasteiger charge is -2.30. The number of likely N-dealkylation sites (N-methyl/N-ethyl adjacent to an activating group) is 1. The van der Waals surface area contributed by atoms with Crippen LogP contribution in [-0.4, -0.2) is 60.5 Å². The maximum atomic E-state index is 11.2. The molecule has 0 aromatic rings. The van der Waals surface area contributed by atoms with Crippen LogP contribution in [0.4, 0.5) is 0 Å². The quantitative estimate of drug-likeness (QED) is 0.677. The first-order chi connectivity index (χ1) is 9.36. The van der Waals surface area contributed by atoms with Gasteiger partial charge in [-0.25, -0.2) is 0 Å². The van der Waals surface area contributed by atoms with Crippen molar-refractivity contribution in [1.29, 1.82) is 0 Å². The van der Waals surface area contributed by atoms with Gasteiger partial charge < -0.3 is 16.4 Å². The molecule has 0 aromatic heterocycles. The van der Waals surface area contributed by atoms with Gasteiger partial charge in [-0.15, -0.1) is 0 Å². The van der Waals surface area contributed by atoms with Crippen molar-refractivity contribution in [2.45, 2.75) is 57.5 Å². The topological polar surface area (TPSA) is 75.6 Å². The molecule has 1 fully saturated rings. The molecule has 1 aliphatic rings. The van der Waals surface area contributed by atoms with Crippen molar-refractivity contribution in [2.75, 3.05) is 33.2 Å². The predicted octanol–water partition coefficient (Wildman–Crippen LogP) is 0.776. The summed E-state index contributed by atoms with van der Waals surface area (Å²) in [5, 5.41) is 0. The Morgan fingerprint density at radius 3 is 2.65 bits per heavy atom. The van der Waals surface area contributed by atoms with Gasteiger partial charge in [0, 0.05) is 12.6 Å². The maximum absolute atomic E-state index is 11.2. The van der Waals surface area contributed by atoms with Crippen LogP contribution in [0.3, 0.4) is 0 Å². The lowest BCUT2D eigenvalue weighted by atomic mass is 9.95. The minimum absolute atomic E-state index is 0.402. The number of carbonyl (C=O) groups excluding carboxylic acids is 1. The van der Waals surface area contributed by atoms with E-state index in [-0.39, 0.29) is 0 Å². The molecule has 1 rings (SSSR count). The number of nitrogens with two attached hydrogens (primary N) is 2. The van der Waals surface area contributed by atoms with Gasteiger partial charge >= 0.3 is 0 Å². The molecule has 5 heteroatoms. The average Bonchev–Trinajstić information content (AvgIpc) is 2.56. The Labute approximate surface area is 123 Å². The number of primary amides is 1. The van der Waals surface area contributed by atoms with Crippen LogP contribution in [0, 0.1) is 0 Å². The van der Waals surface area contributed by atoms with Crippen molar-refractivity contribution in [3.8, 4) is 0 Å². The fourth-order valence-corrected chi connectivity index (χ4v) is 2.90. The monoisotopic (exact) mass is 284 g/mol. The number of amides is 1. The molecule has 0 aliphatic carbocycles. The Hall–Kier alpha value is -0.650. The number of carbonyl (C=O) groups is 1. The molecule has 4 N–H and O–H groups in total. The van der Waals surface area contributed by atoms with Gasteiger partial charge in [0.2, 0.25) is 5.91 Å². The van der Waals surface area contributed by atoms with Gasteiger partial charge in [0.1, 0.15) is 0 Å². The predicted molar refractivity (Wildman–Crippen MR) is 83.4 cm³/mol. The van der Waals surface area contributed by atoms with E-state index in [9.17, 15) is 4.79 Å². The zero-order chi connectivity index (χ0) is 15.2. The van der Waals surface area contributed by atoms with Crippen LogP contribution in [0.5, 0.6) is 0 Å². The van der Waals surface area contributed by atoms with E-state index in [1.807, 2.05) is 0 Å². The van der Waals surface area contributed by atoms with Gasteiger partial charge in [0.05, 0.1) is 5.54 Å². The van der Waals surface area contributed by atoms with Crippen LogP contribution in [0.2, 0.25) is 0 Å². The second-order valence-electron chi connectivity index (χ2n) is 6.45. The summed E-state index contributed by atoms with van der Waals surface area (Å²) in [6.45, 7) is 8.62. The molecule has 0 radical (unpaired) electrons. The molecule has 5 nitrogen and oxygen atoms in total. The highest BCUT2D eigenvalue weighted by atomic mass is 16.1. The molecule has 1 heterocycles. The van der Waals surface area contributed by atoms with Crippen molar-refractivity contribution in [1.82, 2.24) is 9.80 Å². The van der Waals surface area contributed by atoms with Crippen LogP contribution in [0.1, 0.15) is 46.0 Å². The van der Waals surface area contributed by atoms with Crippen molar-refractivity contribution < 1.29 is 4.79 Å². The van der Waals surface area contributed by atoms with Crippen molar-refractivity contribution in [3.05, 3.63) is 0 Å². The highest BCUT2D eigenvalue weighted by Crippen LogP contribution is 2.15. The zero-order valence-electron chi connectivity index (χ0n) is 13.4. The summed E-state index contributed by atoms with van der Waals surface area (Å²) in [4.78, 5) is 16.2. The number of nitrogens with zero attached hydrogens (tertiary/aromatic N) is 2. The lowest BCUT2D eigenvalue weighted by molar-refractivity contribution is -0.122. The van der Waals surface area contributed by atoms with E-state index in [1.165, 1.54) is 25.9 Å². The normalized spacial score (nSPS) is 25.1. The van der Waals surface area contributed by atoms with Crippen LogP contribution in [0.15, 0.2) is 0 Å². The third-order valence-corrected chi connectivity index (χ3v) is 4.45. The molecule has 0 bridgehead atoms. The number of hydrogen-bond donors (Lipinski definition) is 2. The highest BCUT2D eigenvalue weighted by Gasteiger charge is 2.25. The van der Waals surface area contributed by atoms with Gasteiger partial charge in [-0.2, -0.15) is 0 Å². The molecular formula is C15H32N4O. The fourth-order valence-electron chi connectivity index (χ4n) is 2.90. The van der Waals surface area contributed by atoms with E-state index in [4.69, 9.17) is 11.5 Å². The van der Waals surface area contributed by atoms with E-state index >= 15 is 0 Å². The van der Waals surface area contributed by atoms with Crippen molar-refractivity contribution in [2.24, 2.45) is 11.5 Å². The van der Waals surface area contributed by atoms with Crippen LogP contribution >= 0.6 is 0 Å². The minimum Gasteiger partial charge on any atom is -0.368 e. The Morgan fingerprint density at radius 2 is 2.05 bits per heavy atom. The zero-order valence-corrected chi connectivity index (χ0v) is 13.4. The first-order valence-corrected chi connectivity index (χ1v) is 7.88. The largest absolute Gasteiger partial charge is 0.368 e. The molecule has 0 spiro atoms. The molecule has 1 amide bonds. The Balaban J connectivity index is 2.34. The van der Waals surface area contributed by atoms with E-state index in [2.05, 4.69) is 23.8 Å². The first kappa shape index (κ1) is 17.4. The first-order valence-electron chi connectivity index (χ1n) is 7.88. The second kappa shape index (κ2) is 7.96. The van der Waals surface area contributed by atoms with E-state index < -0.39 is 11.4 Å². The summed E-state index contributed by atoms with van der Waals surface area (Å²) in [5.41, 5.74) is 10.3. The molecule has 0 saturated carbocycles. The second-order valence-corrected chi connectivity index (χ2v) is 6.45. The van der Waals surface area contributed by atoms with E-state index in [1.54, 1.807) is 6.92 Å². The van der Waals surface area contributed by atoms with Crippen LogP contribution in [-0.2, 0) is 4.79 Å². The smallest absolute Gasteiger partial charge is 0.237 e. The van der Waals surface area contributed by atoms with Gasteiger partial charge in [-0.3, -0.25) is 9.69 Å². The molecule has 20 heavy (non-hydrogen) atoms. The third-order valence-electron chi connectivity index (χ3n) is 4.45. The molecule has 118 valence electrons. The number of unbranched alkanes of at least 4 members (excludes halogenated alkanes) is 1. The molecule has 2 unspecified atom stereocenters. The van der Waals surface area contributed by atoms with Crippen molar-refractivity contribution >= 4 is 5.91 Å². The van der Waals surface area contributed by atoms with E-state index in [0.717, 1.165) is 25.9 Å². The molecule has 2 atom stereocenters. The fraction of sp³-hybridized carbons (Fsp3) is 0.933. The summed E-state index contributed by atoms with van der Waals surface area (Å²) in [6.07, 6.45) is 5.15. The summed E-state index contributed by atoms with van der Waals surface area (Å²) in [5.74, 6) is -0.402. The lowest BCUT2D eigenvalue weighted by Crippen LogP contribution is -2.49. The third kappa shape index (κ3) is 5.38. The Bertz CT molecular complexity index is 306. The van der Waals surface area contributed by atoms with E-state index in [0.29, 0.717) is 12.5 Å². The van der Waals surface area contributed by atoms with Gasteiger partial charge in [-0.1, -0.05) is 6.92 Å². The molecule has 1 saturated heterocycles. The molecule has 1 aliphatic heterocycles. The van der Waals surface area contributed by atoms with Gasteiger partial charge in [0.25, 0.3) is 0 Å². The van der Waals surface area contributed by atoms with Crippen LogP contribution < -0.4 is 11.5 Å². The van der Waals surface area contributed by atoms with Gasteiger partial charge in [-0.05, 0) is 65.7 Å². The molecule has 0 aromatic carbocycles. The number of rotatable bonds is 7. The number of hydrogen-bond acceptors (Lipinski definition) is 4. The summed E-state index contributed by atoms with van der Waals surface area (Å²) in [7, 11) is 2.21.